The zero-order valence-corrected chi connectivity index (χ0v) is 11.7. The summed E-state index contributed by atoms with van der Waals surface area (Å²) in [5.41, 5.74) is 5.76. The lowest BCUT2D eigenvalue weighted by Gasteiger charge is -2.35. The van der Waals surface area contributed by atoms with Gasteiger partial charge in [0.05, 0.1) is 5.41 Å². The van der Waals surface area contributed by atoms with Gasteiger partial charge >= 0.3 is 0 Å². The number of carbonyl (C=O) groups excluding carboxylic acids is 1. The number of likely N-dealkylation sites (tertiary alicyclic amines) is 1. The molecule has 2 atom stereocenters. The van der Waals surface area contributed by atoms with Crippen molar-refractivity contribution in [3.05, 3.63) is 0 Å². The number of carbonyl (C=O) groups is 1. The molecule has 3 N–H and O–H groups in total. The summed E-state index contributed by atoms with van der Waals surface area (Å²) in [6, 6.07) is 0.387. The van der Waals surface area contributed by atoms with Crippen molar-refractivity contribution in [2.24, 2.45) is 11.1 Å². The maximum Gasteiger partial charge on any atom is 0.227 e. The fourth-order valence-electron chi connectivity index (χ4n) is 3.22. The minimum Gasteiger partial charge on any atom is -0.353 e. The molecule has 18 heavy (non-hydrogen) atoms. The van der Waals surface area contributed by atoms with Crippen molar-refractivity contribution in [1.29, 1.82) is 0 Å². The number of piperidine rings is 1. The van der Waals surface area contributed by atoms with Crippen molar-refractivity contribution in [2.45, 2.75) is 58.0 Å². The quantitative estimate of drug-likeness (QED) is 0.792. The Bertz CT molecular complexity index is 299. The van der Waals surface area contributed by atoms with E-state index in [1.165, 1.54) is 0 Å². The molecule has 1 aliphatic heterocycles. The van der Waals surface area contributed by atoms with Crippen LogP contribution in [0.25, 0.3) is 0 Å². The van der Waals surface area contributed by atoms with Crippen molar-refractivity contribution < 1.29 is 4.79 Å². The average Bonchev–Trinajstić information content (AvgIpc) is 2.72. The number of amides is 1. The Morgan fingerprint density at radius 2 is 2.06 bits per heavy atom. The molecule has 1 aliphatic carbocycles. The zero-order chi connectivity index (χ0) is 13.2. The highest BCUT2D eigenvalue weighted by molar-refractivity contribution is 5.83. The number of nitrogens with two attached hydrogens (primary N) is 1. The Balaban J connectivity index is 1.85. The normalized spacial score (nSPS) is 34.7. The third-order valence-electron chi connectivity index (χ3n) is 4.92. The minimum absolute atomic E-state index is 0.0354. The topological polar surface area (TPSA) is 58.4 Å². The summed E-state index contributed by atoms with van der Waals surface area (Å²) < 4.78 is 0. The Labute approximate surface area is 110 Å². The van der Waals surface area contributed by atoms with E-state index in [0.29, 0.717) is 6.04 Å². The molecule has 2 rings (SSSR count). The molecule has 0 aromatic heterocycles. The van der Waals surface area contributed by atoms with Crippen LogP contribution in [0.15, 0.2) is 0 Å². The monoisotopic (exact) mass is 253 g/mol. The summed E-state index contributed by atoms with van der Waals surface area (Å²) in [6.07, 6.45) is 5.15. The molecule has 2 fully saturated rings. The largest absolute Gasteiger partial charge is 0.353 e. The fourth-order valence-corrected chi connectivity index (χ4v) is 3.22. The van der Waals surface area contributed by atoms with Gasteiger partial charge in [-0.1, -0.05) is 13.3 Å². The van der Waals surface area contributed by atoms with Gasteiger partial charge in [0, 0.05) is 25.2 Å². The highest BCUT2D eigenvalue weighted by atomic mass is 16.2. The number of nitrogens with one attached hydrogen (secondary N) is 1. The molecule has 0 spiro atoms. The highest BCUT2D eigenvalue weighted by Gasteiger charge is 2.43. The van der Waals surface area contributed by atoms with Gasteiger partial charge in [0.2, 0.25) is 5.91 Å². The smallest absolute Gasteiger partial charge is 0.227 e. The number of hydrogen-bond donors (Lipinski definition) is 2. The summed E-state index contributed by atoms with van der Waals surface area (Å²) >= 11 is 0. The summed E-state index contributed by atoms with van der Waals surface area (Å²) in [7, 11) is 0. The minimum atomic E-state index is -0.331. The molecule has 1 saturated carbocycles. The first-order valence-corrected chi connectivity index (χ1v) is 7.35. The number of rotatable bonds is 3. The third-order valence-corrected chi connectivity index (χ3v) is 4.92. The van der Waals surface area contributed by atoms with E-state index in [9.17, 15) is 4.79 Å². The van der Waals surface area contributed by atoms with Crippen molar-refractivity contribution in [2.75, 3.05) is 19.6 Å². The van der Waals surface area contributed by atoms with Gasteiger partial charge in [-0.15, -0.1) is 0 Å². The molecule has 1 saturated heterocycles. The van der Waals surface area contributed by atoms with Crippen LogP contribution >= 0.6 is 0 Å². The van der Waals surface area contributed by atoms with Crippen molar-refractivity contribution >= 4 is 5.91 Å². The number of hydrogen-bond acceptors (Lipinski definition) is 3. The molecule has 4 nitrogen and oxygen atoms in total. The van der Waals surface area contributed by atoms with Crippen LogP contribution in [0.4, 0.5) is 0 Å². The third kappa shape index (κ3) is 2.69. The van der Waals surface area contributed by atoms with Crippen molar-refractivity contribution in [1.82, 2.24) is 10.2 Å². The molecular formula is C14H27N3O. The van der Waals surface area contributed by atoms with Crippen LogP contribution in [0.1, 0.15) is 46.0 Å². The highest BCUT2D eigenvalue weighted by Crippen LogP contribution is 2.37. The van der Waals surface area contributed by atoms with Gasteiger partial charge in [-0.3, -0.25) is 4.79 Å². The van der Waals surface area contributed by atoms with Crippen LogP contribution in [0.5, 0.6) is 0 Å². The molecule has 1 heterocycles. The first kappa shape index (κ1) is 13.8. The summed E-state index contributed by atoms with van der Waals surface area (Å²) in [6.45, 7) is 7.54. The van der Waals surface area contributed by atoms with Gasteiger partial charge in [-0.05, 0) is 39.2 Å². The summed E-state index contributed by atoms with van der Waals surface area (Å²) in [4.78, 5) is 14.8. The van der Waals surface area contributed by atoms with Gasteiger partial charge in [-0.2, -0.15) is 0 Å². The van der Waals surface area contributed by atoms with Gasteiger partial charge in [0.1, 0.15) is 0 Å². The maximum atomic E-state index is 12.4. The molecule has 0 radical (unpaired) electrons. The average molecular weight is 253 g/mol. The van der Waals surface area contributed by atoms with Crippen LogP contribution in [0.2, 0.25) is 0 Å². The van der Waals surface area contributed by atoms with Crippen LogP contribution in [0, 0.1) is 5.41 Å². The molecule has 104 valence electrons. The van der Waals surface area contributed by atoms with E-state index in [1.54, 1.807) is 0 Å². The second-order valence-corrected chi connectivity index (χ2v) is 6.10. The van der Waals surface area contributed by atoms with Crippen LogP contribution in [-0.2, 0) is 4.79 Å². The lowest BCUT2D eigenvalue weighted by atomic mass is 9.83. The van der Waals surface area contributed by atoms with E-state index in [1.807, 2.05) is 6.92 Å². The van der Waals surface area contributed by atoms with Gasteiger partial charge in [0.15, 0.2) is 0 Å². The van der Waals surface area contributed by atoms with Gasteiger partial charge in [0.25, 0.3) is 0 Å². The van der Waals surface area contributed by atoms with E-state index in [0.717, 1.165) is 51.7 Å². The number of nitrogens with zero attached hydrogens (tertiary/aromatic N) is 1. The van der Waals surface area contributed by atoms with E-state index >= 15 is 0 Å². The fraction of sp³-hybridized carbons (Fsp3) is 0.929. The first-order valence-electron chi connectivity index (χ1n) is 7.35. The molecule has 2 aliphatic rings. The Kier molecular flexibility index (Phi) is 4.28. The lowest BCUT2D eigenvalue weighted by molar-refractivity contribution is -0.131. The van der Waals surface area contributed by atoms with Crippen LogP contribution < -0.4 is 11.1 Å². The van der Waals surface area contributed by atoms with E-state index in [2.05, 4.69) is 17.1 Å². The molecule has 2 unspecified atom stereocenters. The molecule has 0 bridgehead atoms. The molecule has 1 amide bonds. The molecule has 0 aromatic carbocycles. The maximum absolute atomic E-state index is 12.4. The Morgan fingerprint density at radius 3 is 2.56 bits per heavy atom. The first-order chi connectivity index (χ1) is 8.56. The zero-order valence-electron chi connectivity index (χ0n) is 11.7. The second-order valence-electron chi connectivity index (χ2n) is 6.10. The molecular weight excluding hydrogens is 226 g/mol. The standard InChI is InChI=1S/C14H27N3O/c1-3-17-9-6-11(7-10-17)16-13(18)14(2)8-4-5-12(14)15/h11-12H,3-10,15H2,1-2H3,(H,16,18). The second kappa shape index (κ2) is 5.57. The van der Waals surface area contributed by atoms with Crippen LogP contribution in [-0.4, -0.2) is 42.5 Å². The van der Waals surface area contributed by atoms with E-state index < -0.39 is 0 Å². The molecule has 0 aromatic rings. The van der Waals surface area contributed by atoms with Gasteiger partial charge in [-0.25, -0.2) is 0 Å². The predicted octanol–water partition coefficient (Wildman–Crippen LogP) is 1.10. The van der Waals surface area contributed by atoms with E-state index in [4.69, 9.17) is 5.73 Å². The SMILES string of the molecule is CCN1CCC(NC(=O)C2(C)CCCC2N)CC1. The Morgan fingerprint density at radius 1 is 1.39 bits per heavy atom. The molecule has 4 heteroatoms. The van der Waals surface area contributed by atoms with Crippen molar-refractivity contribution in [3.63, 3.8) is 0 Å². The predicted molar refractivity (Wildman–Crippen MR) is 73.2 cm³/mol. The lowest BCUT2D eigenvalue weighted by Crippen LogP contribution is -2.52. The Hall–Kier alpha value is -0.610. The summed E-state index contributed by atoms with van der Waals surface area (Å²) in [5, 5.41) is 3.23. The van der Waals surface area contributed by atoms with Gasteiger partial charge < -0.3 is 16.0 Å². The van der Waals surface area contributed by atoms with Crippen LogP contribution in [0.3, 0.4) is 0 Å². The van der Waals surface area contributed by atoms with Crippen molar-refractivity contribution in [3.8, 4) is 0 Å². The van der Waals surface area contributed by atoms with E-state index in [-0.39, 0.29) is 17.4 Å². The summed E-state index contributed by atoms with van der Waals surface area (Å²) in [5.74, 6) is 0.183.